The Balaban J connectivity index is 2.04. The van der Waals surface area contributed by atoms with Gasteiger partial charge in [-0.3, -0.25) is 4.79 Å². The molecule has 2 rings (SSSR count). The summed E-state index contributed by atoms with van der Waals surface area (Å²) in [6.07, 6.45) is 1.02. The van der Waals surface area contributed by atoms with Gasteiger partial charge in [0, 0.05) is 16.2 Å². The molecule has 1 aromatic rings. The number of rotatable bonds is 2. The fraction of sp³-hybridized carbons (Fsp3) is 0.364. The van der Waals surface area contributed by atoms with Gasteiger partial charge in [-0.2, -0.15) is 0 Å². The molecule has 0 radical (unpaired) electrons. The smallest absolute Gasteiger partial charge is 0.252 e. The van der Waals surface area contributed by atoms with Crippen LogP contribution in [0.5, 0.6) is 0 Å². The van der Waals surface area contributed by atoms with Gasteiger partial charge in [0.25, 0.3) is 5.91 Å². The van der Waals surface area contributed by atoms with E-state index >= 15 is 0 Å². The molecule has 1 fully saturated rings. The zero-order valence-corrected chi connectivity index (χ0v) is 10.5. The summed E-state index contributed by atoms with van der Waals surface area (Å²) in [4.78, 5) is 11.9. The minimum absolute atomic E-state index is 0.0358. The quantitative estimate of drug-likeness (QED) is 0.810. The number of benzene rings is 1. The van der Waals surface area contributed by atoms with Crippen LogP contribution in [0.15, 0.2) is 24.3 Å². The van der Waals surface area contributed by atoms with E-state index in [2.05, 4.69) is 33.2 Å². The van der Waals surface area contributed by atoms with Crippen LogP contribution in [0, 0.1) is 3.57 Å². The molecule has 0 saturated carbocycles. The summed E-state index contributed by atoms with van der Waals surface area (Å²) >= 11 is 2.19. The number of hydrogen-bond acceptors (Lipinski definition) is 2. The van der Waals surface area contributed by atoms with Gasteiger partial charge in [0.05, 0.1) is 5.56 Å². The third kappa shape index (κ3) is 2.69. The van der Waals surface area contributed by atoms with Gasteiger partial charge in [-0.05, 0) is 47.7 Å². The molecule has 0 aromatic heterocycles. The Morgan fingerprint density at radius 3 is 2.93 bits per heavy atom. The first-order chi connectivity index (χ1) is 7.27. The second-order valence-corrected chi connectivity index (χ2v) is 4.81. The fourth-order valence-corrected chi connectivity index (χ4v) is 2.32. The highest BCUT2D eigenvalue weighted by atomic mass is 127. The van der Waals surface area contributed by atoms with Crippen molar-refractivity contribution in [2.24, 2.45) is 0 Å². The fourth-order valence-electron chi connectivity index (χ4n) is 1.69. The van der Waals surface area contributed by atoms with E-state index in [0.717, 1.165) is 28.6 Å². The maximum absolute atomic E-state index is 11.9. The molecular weight excluding hydrogens is 303 g/mol. The summed E-state index contributed by atoms with van der Waals surface area (Å²) in [5.41, 5.74) is 0.769. The van der Waals surface area contributed by atoms with Crippen molar-refractivity contribution in [1.82, 2.24) is 10.6 Å². The number of nitrogens with one attached hydrogen (secondary N) is 2. The van der Waals surface area contributed by atoms with E-state index < -0.39 is 0 Å². The van der Waals surface area contributed by atoms with Crippen LogP contribution in [0.1, 0.15) is 16.8 Å². The van der Waals surface area contributed by atoms with E-state index in [1.54, 1.807) is 0 Å². The first kappa shape index (κ1) is 10.9. The molecule has 4 heteroatoms. The van der Waals surface area contributed by atoms with Crippen molar-refractivity contribution >= 4 is 28.5 Å². The minimum Gasteiger partial charge on any atom is -0.348 e. The molecule has 15 heavy (non-hydrogen) atoms. The Labute approximate surface area is 103 Å². The molecule has 1 amide bonds. The highest BCUT2D eigenvalue weighted by Crippen LogP contribution is 2.11. The average Bonchev–Trinajstić information content (AvgIpc) is 2.71. The first-order valence-corrected chi connectivity index (χ1v) is 6.11. The van der Waals surface area contributed by atoms with Crippen molar-refractivity contribution in [2.45, 2.75) is 12.5 Å². The zero-order valence-electron chi connectivity index (χ0n) is 8.29. The van der Waals surface area contributed by atoms with Crippen LogP contribution in [0.2, 0.25) is 0 Å². The summed E-state index contributed by atoms with van der Waals surface area (Å²) in [5.74, 6) is 0.0358. The Kier molecular flexibility index (Phi) is 3.58. The van der Waals surface area contributed by atoms with E-state index in [1.165, 1.54) is 0 Å². The molecule has 0 unspecified atom stereocenters. The third-order valence-corrected chi connectivity index (χ3v) is 3.45. The number of carbonyl (C=O) groups is 1. The van der Waals surface area contributed by atoms with Crippen LogP contribution in [-0.2, 0) is 0 Å². The van der Waals surface area contributed by atoms with E-state index in [9.17, 15) is 4.79 Å². The molecule has 1 heterocycles. The van der Waals surface area contributed by atoms with Gasteiger partial charge >= 0.3 is 0 Å². The lowest BCUT2D eigenvalue weighted by Crippen LogP contribution is -2.36. The van der Waals surface area contributed by atoms with Crippen molar-refractivity contribution in [2.75, 3.05) is 13.1 Å². The summed E-state index contributed by atoms with van der Waals surface area (Å²) < 4.78 is 0.999. The lowest BCUT2D eigenvalue weighted by atomic mass is 10.2. The lowest BCUT2D eigenvalue weighted by molar-refractivity contribution is 0.0939. The highest BCUT2D eigenvalue weighted by Gasteiger charge is 2.18. The van der Waals surface area contributed by atoms with Gasteiger partial charge in [-0.25, -0.2) is 0 Å². The van der Waals surface area contributed by atoms with Gasteiger partial charge in [-0.1, -0.05) is 12.1 Å². The Bertz CT molecular complexity index is 361. The maximum Gasteiger partial charge on any atom is 0.252 e. The standard InChI is InChI=1S/C11H13IN2O/c12-10-4-2-1-3-9(10)11(15)14-8-5-6-13-7-8/h1-4,8,13H,5-7H2,(H,14,15)/t8-/m1/s1. The SMILES string of the molecule is O=C(N[C@@H]1CCNC1)c1ccccc1I. The summed E-state index contributed by atoms with van der Waals surface area (Å²) in [5, 5.41) is 6.26. The Morgan fingerprint density at radius 1 is 1.47 bits per heavy atom. The molecule has 0 bridgehead atoms. The van der Waals surface area contributed by atoms with Crippen molar-refractivity contribution in [3.05, 3.63) is 33.4 Å². The minimum atomic E-state index is 0.0358. The Morgan fingerprint density at radius 2 is 2.27 bits per heavy atom. The highest BCUT2D eigenvalue weighted by molar-refractivity contribution is 14.1. The van der Waals surface area contributed by atoms with Gasteiger partial charge in [-0.15, -0.1) is 0 Å². The van der Waals surface area contributed by atoms with Gasteiger partial charge in [0.1, 0.15) is 0 Å². The number of halogens is 1. The Hall–Kier alpha value is -0.620. The van der Waals surface area contributed by atoms with Crippen LogP contribution in [0.25, 0.3) is 0 Å². The molecule has 1 saturated heterocycles. The molecule has 0 spiro atoms. The van der Waals surface area contributed by atoms with Crippen LogP contribution < -0.4 is 10.6 Å². The predicted octanol–water partition coefficient (Wildman–Crippen LogP) is 1.38. The van der Waals surface area contributed by atoms with E-state index in [-0.39, 0.29) is 11.9 Å². The van der Waals surface area contributed by atoms with Crippen molar-refractivity contribution in [1.29, 1.82) is 0 Å². The second-order valence-electron chi connectivity index (χ2n) is 3.64. The van der Waals surface area contributed by atoms with E-state index in [1.807, 2.05) is 24.3 Å². The summed E-state index contributed by atoms with van der Waals surface area (Å²) in [6, 6.07) is 7.93. The topological polar surface area (TPSA) is 41.1 Å². The second kappa shape index (κ2) is 4.94. The van der Waals surface area contributed by atoms with Crippen LogP contribution in [-0.4, -0.2) is 25.0 Å². The van der Waals surface area contributed by atoms with Crippen LogP contribution in [0.4, 0.5) is 0 Å². The molecular formula is C11H13IN2O. The van der Waals surface area contributed by atoms with E-state index in [0.29, 0.717) is 0 Å². The zero-order chi connectivity index (χ0) is 10.7. The lowest BCUT2D eigenvalue weighted by Gasteiger charge is -2.11. The van der Waals surface area contributed by atoms with Crippen molar-refractivity contribution in [3.8, 4) is 0 Å². The largest absolute Gasteiger partial charge is 0.348 e. The van der Waals surface area contributed by atoms with E-state index in [4.69, 9.17) is 0 Å². The number of amides is 1. The monoisotopic (exact) mass is 316 g/mol. The summed E-state index contributed by atoms with van der Waals surface area (Å²) in [6.45, 7) is 1.88. The van der Waals surface area contributed by atoms with Crippen LogP contribution >= 0.6 is 22.6 Å². The molecule has 3 nitrogen and oxygen atoms in total. The predicted molar refractivity (Wildman–Crippen MR) is 67.9 cm³/mol. The molecule has 1 aromatic carbocycles. The number of carbonyl (C=O) groups excluding carboxylic acids is 1. The maximum atomic E-state index is 11.9. The van der Waals surface area contributed by atoms with Crippen molar-refractivity contribution in [3.63, 3.8) is 0 Å². The van der Waals surface area contributed by atoms with Crippen molar-refractivity contribution < 1.29 is 4.79 Å². The number of hydrogen-bond donors (Lipinski definition) is 2. The van der Waals surface area contributed by atoms with Gasteiger partial charge < -0.3 is 10.6 Å². The molecule has 1 aliphatic rings. The molecule has 1 atom stereocenters. The molecule has 0 aliphatic carbocycles. The molecule has 1 aliphatic heterocycles. The average molecular weight is 316 g/mol. The summed E-state index contributed by atoms with van der Waals surface area (Å²) in [7, 11) is 0. The normalized spacial score (nSPS) is 20.2. The van der Waals surface area contributed by atoms with Crippen LogP contribution in [0.3, 0.4) is 0 Å². The first-order valence-electron chi connectivity index (χ1n) is 5.03. The molecule has 2 N–H and O–H groups in total. The van der Waals surface area contributed by atoms with Gasteiger partial charge in [0.15, 0.2) is 0 Å². The molecule has 80 valence electrons. The van der Waals surface area contributed by atoms with Gasteiger partial charge in [0.2, 0.25) is 0 Å². The third-order valence-electron chi connectivity index (χ3n) is 2.51.